The maximum absolute atomic E-state index is 12.9. The van der Waals surface area contributed by atoms with Crippen LogP contribution in [0.2, 0.25) is 0 Å². The smallest absolute Gasteiger partial charge is 0.270 e. The molecular formula is C20H27N3O3. The Morgan fingerprint density at radius 3 is 2.27 bits per heavy atom. The van der Waals surface area contributed by atoms with E-state index in [2.05, 4.69) is 5.32 Å². The second-order valence-electron chi connectivity index (χ2n) is 8.95. The molecule has 0 heterocycles. The van der Waals surface area contributed by atoms with Gasteiger partial charge in [-0.3, -0.25) is 14.9 Å². The minimum absolute atomic E-state index is 0.0458. The Morgan fingerprint density at radius 2 is 1.77 bits per heavy atom. The quantitative estimate of drug-likeness (QED) is 0.645. The molecule has 4 aliphatic carbocycles. The fourth-order valence-electron chi connectivity index (χ4n) is 6.08. The molecule has 5 rings (SSSR count). The predicted octanol–water partition coefficient (Wildman–Crippen LogP) is 3.61. The van der Waals surface area contributed by atoms with Crippen molar-refractivity contribution in [3.63, 3.8) is 0 Å². The van der Waals surface area contributed by atoms with Crippen LogP contribution in [0.3, 0.4) is 0 Å². The number of carbonyl (C=O) groups excluding carboxylic acids is 1. The van der Waals surface area contributed by atoms with Crippen LogP contribution in [0, 0.1) is 33.3 Å². The van der Waals surface area contributed by atoms with Crippen LogP contribution in [0.4, 0.5) is 11.4 Å². The number of rotatable bonds is 5. The van der Waals surface area contributed by atoms with Crippen LogP contribution in [-0.4, -0.2) is 31.5 Å². The van der Waals surface area contributed by atoms with E-state index in [1.54, 1.807) is 6.07 Å². The van der Waals surface area contributed by atoms with Crippen LogP contribution < -0.4 is 10.2 Å². The van der Waals surface area contributed by atoms with Gasteiger partial charge in [-0.1, -0.05) is 0 Å². The second kappa shape index (κ2) is 6.25. The summed E-state index contributed by atoms with van der Waals surface area (Å²) in [6.07, 6.45) is 7.83. The van der Waals surface area contributed by atoms with Crippen molar-refractivity contribution in [2.75, 3.05) is 25.5 Å². The van der Waals surface area contributed by atoms with Gasteiger partial charge in [-0.2, -0.15) is 0 Å². The van der Waals surface area contributed by atoms with E-state index < -0.39 is 4.92 Å². The molecule has 26 heavy (non-hydrogen) atoms. The zero-order valence-electron chi connectivity index (χ0n) is 15.5. The van der Waals surface area contributed by atoms with E-state index in [0.29, 0.717) is 17.8 Å². The Morgan fingerprint density at radius 1 is 1.19 bits per heavy atom. The van der Waals surface area contributed by atoms with Gasteiger partial charge in [0.15, 0.2) is 0 Å². The number of hydrogen-bond donors (Lipinski definition) is 1. The zero-order valence-corrected chi connectivity index (χ0v) is 15.5. The summed E-state index contributed by atoms with van der Waals surface area (Å²) in [6, 6.07) is 4.49. The van der Waals surface area contributed by atoms with Crippen LogP contribution in [0.15, 0.2) is 18.2 Å². The number of nitro groups is 1. The Hall–Kier alpha value is -2.11. The number of anilines is 1. The van der Waals surface area contributed by atoms with Crippen molar-refractivity contribution >= 4 is 17.3 Å². The highest BCUT2D eigenvalue weighted by molar-refractivity contribution is 6.00. The maximum Gasteiger partial charge on any atom is 0.270 e. The first-order chi connectivity index (χ1) is 12.3. The van der Waals surface area contributed by atoms with Gasteiger partial charge in [0.2, 0.25) is 0 Å². The number of hydrogen-bond acceptors (Lipinski definition) is 4. The molecule has 0 spiro atoms. The molecule has 0 unspecified atom stereocenters. The van der Waals surface area contributed by atoms with E-state index in [4.69, 9.17) is 0 Å². The summed E-state index contributed by atoms with van der Waals surface area (Å²) in [4.78, 5) is 25.4. The van der Waals surface area contributed by atoms with E-state index in [-0.39, 0.29) is 17.0 Å². The van der Waals surface area contributed by atoms with Gasteiger partial charge < -0.3 is 10.2 Å². The first-order valence-corrected chi connectivity index (χ1v) is 9.59. The SMILES string of the molecule is CN(C)c1ccc([N+](=O)[O-])cc1C(=O)NCC12CC3CC(CC(C3)C1)C2. The lowest BCUT2D eigenvalue weighted by molar-refractivity contribution is -0.384. The van der Waals surface area contributed by atoms with Gasteiger partial charge in [-0.15, -0.1) is 0 Å². The van der Waals surface area contributed by atoms with Gasteiger partial charge in [0.05, 0.1) is 10.5 Å². The molecule has 6 nitrogen and oxygen atoms in total. The highest BCUT2D eigenvalue weighted by atomic mass is 16.6. The van der Waals surface area contributed by atoms with Crippen molar-refractivity contribution in [1.29, 1.82) is 0 Å². The lowest BCUT2D eigenvalue weighted by Crippen LogP contribution is -2.51. The molecule has 4 fully saturated rings. The van der Waals surface area contributed by atoms with E-state index in [0.717, 1.165) is 17.8 Å². The second-order valence-corrected chi connectivity index (χ2v) is 8.95. The van der Waals surface area contributed by atoms with E-state index in [1.807, 2.05) is 19.0 Å². The molecule has 1 aromatic carbocycles. The molecular weight excluding hydrogens is 330 g/mol. The fraction of sp³-hybridized carbons (Fsp3) is 0.650. The van der Waals surface area contributed by atoms with E-state index in [9.17, 15) is 14.9 Å². The Kier molecular flexibility index (Phi) is 4.16. The molecule has 6 heteroatoms. The molecule has 0 saturated heterocycles. The highest BCUT2D eigenvalue weighted by Gasteiger charge is 2.50. The fourth-order valence-corrected chi connectivity index (χ4v) is 6.08. The standard InChI is InChI=1S/C20H27N3O3/c1-22(2)18-4-3-16(23(25)26)8-17(18)19(24)21-12-20-9-13-5-14(10-20)7-15(6-13)11-20/h3-4,8,13-15H,5-7,9-12H2,1-2H3,(H,21,24). The predicted molar refractivity (Wildman–Crippen MR) is 100 cm³/mol. The van der Waals surface area contributed by atoms with Gasteiger partial charge in [0.1, 0.15) is 0 Å². The summed E-state index contributed by atoms with van der Waals surface area (Å²) in [5.74, 6) is 2.32. The van der Waals surface area contributed by atoms with Crippen molar-refractivity contribution in [3.8, 4) is 0 Å². The molecule has 4 saturated carbocycles. The van der Waals surface area contributed by atoms with Crippen molar-refractivity contribution in [2.24, 2.45) is 23.2 Å². The van der Waals surface area contributed by atoms with Gasteiger partial charge >= 0.3 is 0 Å². The van der Waals surface area contributed by atoms with Crippen LogP contribution in [0.1, 0.15) is 48.9 Å². The van der Waals surface area contributed by atoms with Crippen LogP contribution in [0.25, 0.3) is 0 Å². The number of nitro benzene ring substituents is 1. The molecule has 1 amide bonds. The number of non-ortho nitro benzene ring substituents is 1. The summed E-state index contributed by atoms with van der Waals surface area (Å²) in [5.41, 5.74) is 1.30. The van der Waals surface area contributed by atoms with Gasteiger partial charge in [0.25, 0.3) is 11.6 Å². The third kappa shape index (κ3) is 3.06. The van der Waals surface area contributed by atoms with Crippen molar-refractivity contribution < 1.29 is 9.72 Å². The third-order valence-electron chi connectivity index (χ3n) is 6.71. The molecule has 1 N–H and O–H groups in total. The number of nitrogens with one attached hydrogen (secondary N) is 1. The minimum Gasteiger partial charge on any atom is -0.377 e. The maximum atomic E-state index is 12.9. The van der Waals surface area contributed by atoms with Crippen LogP contribution >= 0.6 is 0 Å². The van der Waals surface area contributed by atoms with Crippen molar-refractivity contribution in [2.45, 2.75) is 38.5 Å². The number of amides is 1. The lowest BCUT2D eigenvalue weighted by atomic mass is 9.49. The average molecular weight is 357 g/mol. The molecule has 140 valence electrons. The number of nitrogens with zero attached hydrogens (tertiary/aromatic N) is 2. The Labute approximate surface area is 154 Å². The first-order valence-electron chi connectivity index (χ1n) is 9.59. The number of carbonyl (C=O) groups is 1. The number of benzene rings is 1. The monoisotopic (exact) mass is 357 g/mol. The summed E-state index contributed by atoms with van der Waals surface area (Å²) >= 11 is 0. The van der Waals surface area contributed by atoms with Crippen molar-refractivity contribution in [1.82, 2.24) is 5.32 Å². The van der Waals surface area contributed by atoms with Crippen molar-refractivity contribution in [3.05, 3.63) is 33.9 Å². The average Bonchev–Trinajstić information content (AvgIpc) is 2.58. The van der Waals surface area contributed by atoms with E-state index >= 15 is 0 Å². The molecule has 4 aliphatic rings. The highest BCUT2D eigenvalue weighted by Crippen LogP contribution is 2.59. The molecule has 0 radical (unpaired) electrons. The van der Waals surface area contributed by atoms with Gasteiger partial charge in [-0.05, 0) is 67.8 Å². The Balaban J connectivity index is 1.52. The minimum atomic E-state index is -0.449. The van der Waals surface area contributed by atoms with Crippen LogP contribution in [-0.2, 0) is 0 Å². The molecule has 0 aliphatic heterocycles. The largest absolute Gasteiger partial charge is 0.377 e. The summed E-state index contributed by atoms with van der Waals surface area (Å²) in [6.45, 7) is 0.699. The normalized spacial score (nSPS) is 31.7. The molecule has 0 aromatic heterocycles. The lowest BCUT2D eigenvalue weighted by Gasteiger charge is -2.56. The zero-order chi connectivity index (χ0) is 18.5. The summed E-state index contributed by atoms with van der Waals surface area (Å²) in [7, 11) is 3.69. The van der Waals surface area contributed by atoms with Gasteiger partial charge in [-0.25, -0.2) is 0 Å². The molecule has 4 bridgehead atoms. The van der Waals surface area contributed by atoms with Crippen LogP contribution in [0.5, 0.6) is 0 Å². The topological polar surface area (TPSA) is 75.5 Å². The summed E-state index contributed by atoms with van der Waals surface area (Å²) in [5, 5.41) is 14.2. The third-order valence-corrected chi connectivity index (χ3v) is 6.71. The Bertz CT molecular complexity index is 709. The molecule has 1 aromatic rings. The first kappa shape index (κ1) is 17.3. The molecule has 0 atom stereocenters. The van der Waals surface area contributed by atoms with E-state index in [1.165, 1.54) is 50.7 Å². The van der Waals surface area contributed by atoms with Gasteiger partial charge in [0, 0.05) is 38.5 Å². The summed E-state index contributed by atoms with van der Waals surface area (Å²) < 4.78 is 0.